The predicted octanol–water partition coefficient (Wildman–Crippen LogP) is 6.20. The molecule has 2 aliphatic heterocycles. The van der Waals surface area contributed by atoms with Crippen LogP contribution in [0.4, 0.5) is 22.7 Å². The zero-order chi connectivity index (χ0) is 19.8. The molecule has 140 valence electrons. The van der Waals surface area contributed by atoms with Crippen LogP contribution in [0.5, 0.6) is 0 Å². The summed E-state index contributed by atoms with van der Waals surface area (Å²) in [6, 6.07) is 16.5. The van der Waals surface area contributed by atoms with Crippen LogP contribution >= 0.6 is 10.5 Å². The molecule has 0 atom stereocenters. The Labute approximate surface area is 175 Å². The van der Waals surface area contributed by atoms with E-state index in [4.69, 9.17) is 20.4 Å². The van der Waals surface area contributed by atoms with Crippen LogP contribution in [0, 0.1) is 0 Å². The van der Waals surface area contributed by atoms with E-state index in [2.05, 4.69) is 70.1 Å². The molecule has 2 bridgehead atoms. The number of aliphatic imine (C=N–C) groups is 2. The molecule has 2 aliphatic rings. The molecule has 2 aromatic carbocycles. The molecule has 0 spiro atoms. The van der Waals surface area contributed by atoms with Crippen LogP contribution < -0.4 is 7.71 Å². The van der Waals surface area contributed by atoms with Gasteiger partial charge in [-0.3, -0.25) is 0 Å². The van der Waals surface area contributed by atoms with Gasteiger partial charge in [0.2, 0.25) is 0 Å². The van der Waals surface area contributed by atoms with Gasteiger partial charge in [-0.1, -0.05) is 0 Å². The normalized spacial score (nSPS) is 20.4. The molecule has 4 nitrogen and oxygen atoms in total. The Morgan fingerprint density at radius 2 is 1.07 bits per heavy atom. The molecule has 0 aromatic heterocycles. The number of fused-ring (bicyclic) bond motifs is 6. The van der Waals surface area contributed by atoms with Gasteiger partial charge in [0.25, 0.3) is 0 Å². The first-order chi connectivity index (χ1) is 13.5. The monoisotopic (exact) mass is 448 g/mol. The SMILES string of the molecule is CC1=Nc2ccccc2[N]2/C(C)=C\C(C)=Nc3ccccc3[N](/C(C)=C\1)[Ge]2=[S]. The summed E-state index contributed by atoms with van der Waals surface area (Å²) in [6.07, 6.45) is 4.26. The van der Waals surface area contributed by atoms with E-state index in [-0.39, 0.29) is 0 Å². The molecule has 0 unspecified atom stereocenters. The van der Waals surface area contributed by atoms with Crippen molar-refractivity contribution in [2.24, 2.45) is 9.98 Å². The van der Waals surface area contributed by atoms with E-state index in [9.17, 15) is 0 Å². The molecule has 6 heteroatoms. The Kier molecular flexibility index (Phi) is 5.12. The quantitative estimate of drug-likeness (QED) is 0.451. The molecule has 0 amide bonds. The number of hydrogen-bond donors (Lipinski definition) is 0. The van der Waals surface area contributed by atoms with Crippen LogP contribution in [0.2, 0.25) is 0 Å². The first kappa shape index (κ1) is 19.0. The van der Waals surface area contributed by atoms with Crippen LogP contribution in [-0.2, 0) is 0 Å². The summed E-state index contributed by atoms with van der Waals surface area (Å²) in [5.74, 6) is 0. The fourth-order valence-corrected chi connectivity index (χ4v) is 9.79. The molecule has 0 saturated heterocycles. The first-order valence-electron chi connectivity index (χ1n) is 9.25. The molecule has 2 heterocycles. The molecule has 2 aromatic rings. The maximum absolute atomic E-state index is 6.32. The third kappa shape index (κ3) is 3.40. The fourth-order valence-electron chi connectivity index (χ4n) is 3.66. The summed E-state index contributed by atoms with van der Waals surface area (Å²) >= 11 is -2.45. The average Bonchev–Trinajstić information content (AvgIpc) is 2.70. The molecule has 0 aliphatic carbocycles. The van der Waals surface area contributed by atoms with E-state index in [1.54, 1.807) is 0 Å². The average molecular weight is 447 g/mol. The van der Waals surface area contributed by atoms with E-state index in [1.807, 2.05) is 26.0 Å². The third-order valence-corrected chi connectivity index (χ3v) is 10.8. The second-order valence-electron chi connectivity index (χ2n) is 7.01. The molecular weight excluding hydrogens is 425 g/mol. The van der Waals surface area contributed by atoms with E-state index >= 15 is 0 Å². The van der Waals surface area contributed by atoms with Gasteiger partial charge in [-0.05, 0) is 0 Å². The van der Waals surface area contributed by atoms with E-state index in [0.717, 1.165) is 45.6 Å². The van der Waals surface area contributed by atoms with Crippen molar-refractivity contribution in [3.05, 3.63) is 72.1 Å². The van der Waals surface area contributed by atoms with Crippen LogP contribution in [-0.4, -0.2) is 24.6 Å². The molecule has 0 N–H and O–H groups in total. The second kappa shape index (κ2) is 7.56. The fraction of sp³-hybridized carbons (Fsp3) is 0.182. The second-order valence-corrected chi connectivity index (χ2v) is 12.0. The first-order valence-corrected chi connectivity index (χ1v) is 14.1. The summed E-state index contributed by atoms with van der Waals surface area (Å²) in [5.41, 5.74) is 8.20. The van der Waals surface area contributed by atoms with Crippen LogP contribution in [0.15, 0.2) is 82.1 Å². The summed E-state index contributed by atoms with van der Waals surface area (Å²) in [5, 5.41) is 0. The third-order valence-electron chi connectivity index (χ3n) is 4.76. The molecule has 0 radical (unpaired) electrons. The van der Waals surface area contributed by atoms with E-state index < -0.39 is 13.1 Å². The van der Waals surface area contributed by atoms with Crippen molar-refractivity contribution in [1.29, 1.82) is 0 Å². The minimum atomic E-state index is -2.45. The van der Waals surface area contributed by atoms with Crippen LogP contribution in [0.1, 0.15) is 27.7 Å². The van der Waals surface area contributed by atoms with Crippen molar-refractivity contribution in [3.63, 3.8) is 0 Å². The van der Waals surface area contributed by atoms with Crippen molar-refractivity contribution in [1.82, 2.24) is 0 Å². The van der Waals surface area contributed by atoms with Gasteiger partial charge >= 0.3 is 175 Å². The number of benzene rings is 2. The predicted molar refractivity (Wildman–Crippen MR) is 124 cm³/mol. The molecule has 28 heavy (non-hydrogen) atoms. The van der Waals surface area contributed by atoms with E-state index in [0.29, 0.717) is 0 Å². The number of nitrogens with zero attached hydrogens (tertiary/aromatic N) is 4. The summed E-state index contributed by atoms with van der Waals surface area (Å²) < 4.78 is 4.68. The Hall–Kier alpha value is -2.38. The van der Waals surface area contributed by atoms with Crippen molar-refractivity contribution < 1.29 is 0 Å². The number of anilines is 2. The number of para-hydroxylation sites is 4. The molecule has 0 saturated carbocycles. The van der Waals surface area contributed by atoms with Gasteiger partial charge in [0.05, 0.1) is 0 Å². The molecule has 0 fully saturated rings. The van der Waals surface area contributed by atoms with Gasteiger partial charge in [-0.25, -0.2) is 0 Å². The van der Waals surface area contributed by atoms with E-state index in [1.165, 1.54) is 0 Å². The summed E-state index contributed by atoms with van der Waals surface area (Å²) in [7, 11) is 6.32. The van der Waals surface area contributed by atoms with Gasteiger partial charge in [-0.15, -0.1) is 0 Å². The summed E-state index contributed by atoms with van der Waals surface area (Å²) in [6.45, 7) is 8.33. The van der Waals surface area contributed by atoms with Gasteiger partial charge in [0, 0.05) is 0 Å². The van der Waals surface area contributed by atoms with Gasteiger partial charge < -0.3 is 0 Å². The summed E-state index contributed by atoms with van der Waals surface area (Å²) in [4.78, 5) is 9.79. The van der Waals surface area contributed by atoms with Crippen LogP contribution in [0.3, 0.4) is 0 Å². The Morgan fingerprint density at radius 1 is 0.679 bits per heavy atom. The van der Waals surface area contributed by atoms with Gasteiger partial charge in [-0.2, -0.15) is 0 Å². The van der Waals surface area contributed by atoms with Crippen molar-refractivity contribution >= 4 is 57.8 Å². The minimum absolute atomic E-state index is 0.954. The zero-order valence-electron chi connectivity index (χ0n) is 16.5. The topological polar surface area (TPSA) is 31.2 Å². The molecular formula is C22H22GeN4S. The number of hydrogen-bond acceptors (Lipinski definition) is 3. The van der Waals surface area contributed by atoms with Gasteiger partial charge in [0.1, 0.15) is 0 Å². The van der Waals surface area contributed by atoms with Gasteiger partial charge in [0.15, 0.2) is 0 Å². The standard InChI is InChI=1S/C22H22GeN4S/c1-15-13-17(3)26-22-12-8-6-10-20(22)25-16(2)14-18(4)27(23(26)28)21-11-7-5-9-19(21)24-15/h5-14H,1-4H3/b17-13-,18-14-,24-15?,25-16?. The van der Waals surface area contributed by atoms with Crippen LogP contribution in [0.25, 0.3) is 0 Å². The van der Waals surface area contributed by atoms with Crippen molar-refractivity contribution in [2.75, 3.05) is 7.71 Å². The zero-order valence-corrected chi connectivity index (χ0v) is 19.4. The maximum atomic E-state index is 6.32. The Morgan fingerprint density at radius 3 is 1.50 bits per heavy atom. The van der Waals surface area contributed by atoms with Crippen molar-refractivity contribution in [2.45, 2.75) is 27.7 Å². The van der Waals surface area contributed by atoms with Crippen molar-refractivity contribution in [3.8, 4) is 0 Å². The number of rotatable bonds is 0. The Balaban J connectivity index is 2.10. The number of allylic oxidation sites excluding steroid dienone is 4. The molecule has 4 rings (SSSR count). The Bertz CT molecular complexity index is 1010.